The Balaban J connectivity index is 1.71. The molecule has 2 amide bonds. The summed E-state index contributed by atoms with van der Waals surface area (Å²) in [6.07, 6.45) is -0.380. The van der Waals surface area contributed by atoms with Gasteiger partial charge in [-0.25, -0.2) is 22.5 Å². The topological polar surface area (TPSA) is 101 Å². The van der Waals surface area contributed by atoms with Gasteiger partial charge in [-0.1, -0.05) is 28.1 Å². The zero-order chi connectivity index (χ0) is 26.0. The minimum atomic E-state index is -4.24. The predicted octanol–water partition coefficient (Wildman–Crippen LogP) is 3.90. The van der Waals surface area contributed by atoms with Crippen molar-refractivity contribution in [1.29, 1.82) is 0 Å². The number of methoxy groups -OCH3 is 1. The van der Waals surface area contributed by atoms with E-state index in [-0.39, 0.29) is 29.1 Å². The van der Waals surface area contributed by atoms with Crippen LogP contribution < -0.4 is 4.90 Å². The Bertz CT molecular complexity index is 1410. The molecular weight excluding hydrogens is 555 g/mol. The highest BCUT2D eigenvalue weighted by Crippen LogP contribution is 2.31. The van der Waals surface area contributed by atoms with Crippen LogP contribution in [0.5, 0.6) is 0 Å². The molecule has 0 spiro atoms. The van der Waals surface area contributed by atoms with Crippen molar-refractivity contribution in [2.45, 2.75) is 23.9 Å². The Hall–Kier alpha value is -3.41. The van der Waals surface area contributed by atoms with Crippen molar-refractivity contribution in [2.24, 2.45) is 0 Å². The van der Waals surface area contributed by atoms with E-state index in [9.17, 15) is 27.2 Å². The van der Waals surface area contributed by atoms with Crippen LogP contribution in [0.2, 0.25) is 0 Å². The van der Waals surface area contributed by atoms with E-state index < -0.39 is 39.7 Å². The van der Waals surface area contributed by atoms with Crippen LogP contribution in [-0.2, 0) is 30.9 Å². The maximum absolute atomic E-state index is 13.7. The number of sulfonamides is 1. The van der Waals surface area contributed by atoms with Crippen molar-refractivity contribution in [3.63, 3.8) is 0 Å². The van der Waals surface area contributed by atoms with Gasteiger partial charge >= 0.3 is 5.97 Å². The molecule has 3 aromatic carbocycles. The molecule has 0 bridgehead atoms. The summed E-state index contributed by atoms with van der Waals surface area (Å²) >= 11 is 3.27. The van der Waals surface area contributed by atoms with Crippen LogP contribution in [-0.4, -0.2) is 43.7 Å². The SMILES string of the molecule is COC(=O)c1ccc(N2C(=O)CC(N(Cc3ccc(F)cc3)S(=O)(=O)c3ccc(Br)cc3)C2=O)cc1. The fourth-order valence-corrected chi connectivity index (χ4v) is 5.68. The van der Waals surface area contributed by atoms with Gasteiger partial charge in [-0.15, -0.1) is 0 Å². The van der Waals surface area contributed by atoms with Crippen LogP contribution >= 0.6 is 15.9 Å². The first kappa shape index (κ1) is 25.7. The number of nitrogens with zero attached hydrogens (tertiary/aromatic N) is 2. The first-order chi connectivity index (χ1) is 17.1. The third-order valence-corrected chi connectivity index (χ3v) is 8.09. The lowest BCUT2D eigenvalue weighted by atomic mass is 10.2. The van der Waals surface area contributed by atoms with Gasteiger partial charge in [-0.05, 0) is 66.2 Å². The second kappa shape index (κ2) is 10.3. The third-order valence-electron chi connectivity index (χ3n) is 5.69. The van der Waals surface area contributed by atoms with Crippen LogP contribution in [0.25, 0.3) is 0 Å². The molecule has 36 heavy (non-hydrogen) atoms. The van der Waals surface area contributed by atoms with E-state index in [0.717, 1.165) is 9.21 Å². The molecule has 186 valence electrons. The van der Waals surface area contributed by atoms with Crippen LogP contribution in [0.15, 0.2) is 82.2 Å². The molecule has 1 aliphatic heterocycles. The Morgan fingerprint density at radius 1 is 1.03 bits per heavy atom. The molecule has 1 fully saturated rings. The number of hydrogen-bond donors (Lipinski definition) is 0. The van der Waals surface area contributed by atoms with Crippen molar-refractivity contribution < 1.29 is 31.9 Å². The molecule has 1 unspecified atom stereocenters. The molecule has 1 heterocycles. The number of carbonyl (C=O) groups is 3. The molecule has 1 saturated heterocycles. The average molecular weight is 575 g/mol. The summed E-state index contributed by atoms with van der Waals surface area (Å²) in [5, 5.41) is 0. The van der Waals surface area contributed by atoms with Gasteiger partial charge in [0.1, 0.15) is 11.9 Å². The molecule has 11 heteroatoms. The maximum atomic E-state index is 13.7. The number of amides is 2. The van der Waals surface area contributed by atoms with Crippen molar-refractivity contribution in [3.05, 3.63) is 94.2 Å². The van der Waals surface area contributed by atoms with Gasteiger partial charge in [0.05, 0.1) is 29.7 Å². The molecule has 4 rings (SSSR count). The molecule has 0 aliphatic carbocycles. The number of halogens is 2. The van der Waals surface area contributed by atoms with Gasteiger partial charge in [0.15, 0.2) is 0 Å². The summed E-state index contributed by atoms with van der Waals surface area (Å²) in [5.41, 5.74) is 0.869. The number of rotatable bonds is 7. The minimum Gasteiger partial charge on any atom is -0.465 e. The number of anilines is 1. The summed E-state index contributed by atoms with van der Waals surface area (Å²) in [5.74, 6) is -2.39. The molecule has 0 radical (unpaired) electrons. The lowest BCUT2D eigenvalue weighted by molar-refractivity contribution is -0.122. The number of hydrogen-bond acceptors (Lipinski definition) is 6. The van der Waals surface area contributed by atoms with Gasteiger partial charge in [0, 0.05) is 11.0 Å². The second-order valence-electron chi connectivity index (χ2n) is 7.96. The van der Waals surface area contributed by atoms with Crippen molar-refractivity contribution >= 4 is 49.4 Å². The fraction of sp³-hybridized carbons (Fsp3) is 0.160. The first-order valence-electron chi connectivity index (χ1n) is 10.7. The molecular formula is C25H20BrFN2O6S. The van der Waals surface area contributed by atoms with Crippen LogP contribution in [0.1, 0.15) is 22.3 Å². The van der Waals surface area contributed by atoms with Gasteiger partial charge < -0.3 is 4.74 Å². The predicted molar refractivity (Wildman–Crippen MR) is 132 cm³/mol. The Morgan fingerprint density at radius 3 is 2.22 bits per heavy atom. The zero-order valence-corrected chi connectivity index (χ0v) is 21.3. The molecule has 1 atom stereocenters. The number of esters is 1. The number of ether oxygens (including phenoxy) is 1. The highest BCUT2D eigenvalue weighted by Gasteiger charge is 2.47. The van der Waals surface area contributed by atoms with E-state index in [1.165, 1.54) is 67.8 Å². The van der Waals surface area contributed by atoms with Crippen LogP contribution in [0.4, 0.5) is 10.1 Å². The molecule has 0 aromatic heterocycles. The molecule has 3 aromatic rings. The van der Waals surface area contributed by atoms with E-state index in [1.54, 1.807) is 12.1 Å². The van der Waals surface area contributed by atoms with Gasteiger partial charge in [0.25, 0.3) is 5.91 Å². The van der Waals surface area contributed by atoms with Gasteiger partial charge in [0.2, 0.25) is 15.9 Å². The van der Waals surface area contributed by atoms with E-state index in [2.05, 4.69) is 20.7 Å². The normalized spacial score (nSPS) is 16.0. The molecule has 0 saturated carbocycles. The van der Waals surface area contributed by atoms with E-state index in [1.807, 2.05) is 0 Å². The minimum absolute atomic E-state index is 0.0612. The van der Waals surface area contributed by atoms with Crippen molar-refractivity contribution in [2.75, 3.05) is 12.0 Å². The van der Waals surface area contributed by atoms with Crippen LogP contribution in [0.3, 0.4) is 0 Å². The fourth-order valence-electron chi connectivity index (χ4n) is 3.85. The highest BCUT2D eigenvalue weighted by atomic mass is 79.9. The zero-order valence-electron chi connectivity index (χ0n) is 18.9. The summed E-state index contributed by atoms with van der Waals surface area (Å²) < 4.78 is 47.0. The Kier molecular flexibility index (Phi) is 7.34. The highest BCUT2D eigenvalue weighted by molar-refractivity contribution is 9.10. The number of carbonyl (C=O) groups excluding carboxylic acids is 3. The van der Waals surface area contributed by atoms with E-state index >= 15 is 0 Å². The number of benzene rings is 3. The number of imide groups is 1. The standard InChI is InChI=1S/C25H20BrFN2O6S/c1-35-25(32)17-4-10-20(11-5-17)29-23(30)14-22(24(29)31)28(15-16-2-8-19(27)9-3-16)36(33,34)21-12-6-18(26)7-13-21/h2-13,22H,14-15H2,1H3. The van der Waals surface area contributed by atoms with Crippen LogP contribution in [0, 0.1) is 5.82 Å². The van der Waals surface area contributed by atoms with E-state index in [4.69, 9.17) is 0 Å². The van der Waals surface area contributed by atoms with Crippen molar-refractivity contribution in [3.8, 4) is 0 Å². The molecule has 0 N–H and O–H groups in total. The van der Waals surface area contributed by atoms with E-state index in [0.29, 0.717) is 10.0 Å². The summed E-state index contributed by atoms with van der Waals surface area (Å²) in [6, 6.07) is 15.4. The molecule has 8 nitrogen and oxygen atoms in total. The van der Waals surface area contributed by atoms with Gasteiger partial charge in [-0.3, -0.25) is 9.59 Å². The lowest BCUT2D eigenvalue weighted by Gasteiger charge is -2.27. The third kappa shape index (κ3) is 5.08. The molecule has 1 aliphatic rings. The maximum Gasteiger partial charge on any atom is 0.337 e. The summed E-state index contributed by atoms with van der Waals surface area (Å²) in [4.78, 5) is 38.9. The quantitative estimate of drug-likeness (QED) is 0.313. The van der Waals surface area contributed by atoms with Crippen molar-refractivity contribution in [1.82, 2.24) is 4.31 Å². The summed E-state index contributed by atoms with van der Waals surface area (Å²) in [6.45, 7) is -0.252. The first-order valence-corrected chi connectivity index (χ1v) is 12.9. The largest absolute Gasteiger partial charge is 0.465 e. The Labute approximate surface area is 215 Å². The smallest absolute Gasteiger partial charge is 0.337 e. The van der Waals surface area contributed by atoms with Gasteiger partial charge in [-0.2, -0.15) is 4.31 Å². The Morgan fingerprint density at radius 2 is 1.64 bits per heavy atom. The monoisotopic (exact) mass is 574 g/mol. The summed E-state index contributed by atoms with van der Waals surface area (Å²) in [7, 11) is -3.00. The lowest BCUT2D eigenvalue weighted by Crippen LogP contribution is -2.45. The average Bonchev–Trinajstić information content (AvgIpc) is 3.16. The second-order valence-corrected chi connectivity index (χ2v) is 10.8.